The van der Waals surface area contributed by atoms with Crippen LogP contribution in [0, 0.1) is 0 Å². The van der Waals surface area contributed by atoms with E-state index in [1.54, 1.807) is 0 Å². The Morgan fingerprint density at radius 2 is 1.88 bits per heavy atom. The fraction of sp³-hybridized carbons (Fsp3) is 0.273. The normalized spacial score (nSPS) is 12.8. The standard InChI is InChI=1S/C22H23N3O/c1-2-17-9-6-7-12-19(17)23-21(26)16-24-15-20(18-10-4-3-5-11-18)25-14-8-13-22(24)25/h3-7,9-12,15H,2,8,13-14,16H2,1H3/p+1. The van der Waals surface area contributed by atoms with Gasteiger partial charge in [0.1, 0.15) is 6.20 Å². The van der Waals surface area contributed by atoms with E-state index in [1.807, 2.05) is 24.3 Å². The molecule has 1 N–H and O–H groups in total. The van der Waals surface area contributed by atoms with E-state index in [0.717, 1.165) is 37.1 Å². The summed E-state index contributed by atoms with van der Waals surface area (Å²) in [6.45, 7) is 3.47. The summed E-state index contributed by atoms with van der Waals surface area (Å²) >= 11 is 0. The second-order valence-corrected chi connectivity index (χ2v) is 6.74. The molecule has 1 aromatic heterocycles. The molecule has 0 saturated heterocycles. The summed E-state index contributed by atoms with van der Waals surface area (Å²) in [5, 5.41) is 3.08. The van der Waals surface area contributed by atoms with Gasteiger partial charge in [0.25, 0.3) is 11.7 Å². The highest BCUT2D eigenvalue weighted by Gasteiger charge is 2.29. The van der Waals surface area contributed by atoms with Crippen LogP contribution in [0.1, 0.15) is 24.7 Å². The van der Waals surface area contributed by atoms with Crippen LogP contribution in [0.5, 0.6) is 0 Å². The van der Waals surface area contributed by atoms with Crippen molar-refractivity contribution in [2.45, 2.75) is 39.3 Å². The topological polar surface area (TPSA) is 37.9 Å². The molecule has 1 aliphatic rings. The number of nitrogens with zero attached hydrogens (tertiary/aromatic N) is 2. The Labute approximate surface area is 154 Å². The molecule has 1 amide bonds. The van der Waals surface area contributed by atoms with Gasteiger partial charge in [-0.25, -0.2) is 9.13 Å². The molecule has 4 nitrogen and oxygen atoms in total. The highest BCUT2D eigenvalue weighted by Crippen LogP contribution is 2.24. The lowest BCUT2D eigenvalue weighted by molar-refractivity contribution is -0.690. The SMILES string of the molecule is CCc1ccccc1NC(=O)C[n+]1cc(-c2ccccc2)n2c1CCC2. The van der Waals surface area contributed by atoms with Crippen LogP contribution >= 0.6 is 0 Å². The van der Waals surface area contributed by atoms with Crippen molar-refractivity contribution in [2.75, 3.05) is 5.32 Å². The quantitative estimate of drug-likeness (QED) is 0.705. The van der Waals surface area contributed by atoms with Crippen molar-refractivity contribution in [3.05, 3.63) is 72.2 Å². The number of carbonyl (C=O) groups is 1. The van der Waals surface area contributed by atoms with E-state index >= 15 is 0 Å². The third kappa shape index (κ3) is 3.15. The van der Waals surface area contributed by atoms with Crippen LogP contribution in [0.2, 0.25) is 0 Å². The number of carbonyl (C=O) groups excluding carboxylic acids is 1. The molecule has 3 aromatic rings. The Morgan fingerprint density at radius 1 is 1.12 bits per heavy atom. The fourth-order valence-corrected chi connectivity index (χ4v) is 3.78. The predicted octanol–water partition coefficient (Wildman–Crippen LogP) is 3.59. The van der Waals surface area contributed by atoms with E-state index in [4.69, 9.17) is 0 Å². The predicted molar refractivity (Wildman–Crippen MR) is 103 cm³/mol. The molecule has 0 unspecified atom stereocenters. The van der Waals surface area contributed by atoms with Crippen LogP contribution in [0.4, 0.5) is 5.69 Å². The highest BCUT2D eigenvalue weighted by molar-refractivity contribution is 5.90. The van der Waals surface area contributed by atoms with Crippen molar-refractivity contribution in [2.24, 2.45) is 0 Å². The average Bonchev–Trinajstić information content (AvgIpc) is 3.27. The highest BCUT2D eigenvalue weighted by atomic mass is 16.1. The molecule has 26 heavy (non-hydrogen) atoms. The number of anilines is 1. The van der Waals surface area contributed by atoms with Gasteiger partial charge in [0.2, 0.25) is 0 Å². The molecule has 0 saturated carbocycles. The van der Waals surface area contributed by atoms with Gasteiger partial charge in [0.15, 0.2) is 12.2 Å². The Hall–Kier alpha value is -2.88. The molecule has 2 heterocycles. The average molecular weight is 346 g/mol. The van der Waals surface area contributed by atoms with Crippen LogP contribution in [0.15, 0.2) is 60.8 Å². The maximum Gasteiger partial charge on any atom is 0.266 e. The number of aromatic nitrogens is 2. The zero-order chi connectivity index (χ0) is 17.9. The number of aryl methyl sites for hydroxylation is 1. The van der Waals surface area contributed by atoms with Gasteiger partial charge in [-0.1, -0.05) is 55.5 Å². The monoisotopic (exact) mass is 346 g/mol. The van der Waals surface area contributed by atoms with Crippen molar-refractivity contribution in [3.8, 4) is 11.3 Å². The first kappa shape index (κ1) is 16.6. The summed E-state index contributed by atoms with van der Waals surface area (Å²) in [5.74, 6) is 1.26. The Balaban J connectivity index is 1.58. The van der Waals surface area contributed by atoms with Crippen molar-refractivity contribution in [1.29, 1.82) is 0 Å². The minimum absolute atomic E-state index is 0.0239. The molecule has 0 bridgehead atoms. The molecular weight excluding hydrogens is 322 g/mol. The zero-order valence-electron chi connectivity index (χ0n) is 15.1. The van der Waals surface area contributed by atoms with Crippen LogP contribution < -0.4 is 9.88 Å². The summed E-state index contributed by atoms with van der Waals surface area (Å²) in [7, 11) is 0. The second kappa shape index (κ2) is 7.16. The van der Waals surface area contributed by atoms with E-state index in [-0.39, 0.29) is 5.91 Å². The molecule has 0 fully saturated rings. The summed E-state index contributed by atoms with van der Waals surface area (Å²) < 4.78 is 4.46. The fourth-order valence-electron chi connectivity index (χ4n) is 3.78. The molecule has 1 aliphatic heterocycles. The number of para-hydroxylation sites is 1. The molecular formula is C22H24N3O+. The summed E-state index contributed by atoms with van der Waals surface area (Å²) in [4.78, 5) is 12.7. The number of nitrogens with one attached hydrogen (secondary N) is 1. The molecule has 0 aliphatic carbocycles. The maximum absolute atomic E-state index is 12.7. The molecule has 0 atom stereocenters. The van der Waals surface area contributed by atoms with Gasteiger partial charge in [-0.15, -0.1) is 0 Å². The van der Waals surface area contributed by atoms with E-state index in [0.29, 0.717) is 6.54 Å². The number of benzene rings is 2. The van der Waals surface area contributed by atoms with Crippen molar-refractivity contribution in [1.82, 2.24) is 4.57 Å². The largest absolute Gasteiger partial charge is 0.322 e. The third-order valence-corrected chi connectivity index (χ3v) is 5.05. The molecule has 0 spiro atoms. The number of rotatable bonds is 5. The lowest BCUT2D eigenvalue weighted by Crippen LogP contribution is -2.42. The van der Waals surface area contributed by atoms with Crippen molar-refractivity contribution >= 4 is 11.6 Å². The second-order valence-electron chi connectivity index (χ2n) is 6.74. The number of amides is 1. The minimum Gasteiger partial charge on any atom is -0.322 e. The summed E-state index contributed by atoms with van der Waals surface area (Å²) in [6, 6.07) is 18.4. The van der Waals surface area contributed by atoms with E-state index in [9.17, 15) is 4.79 Å². The van der Waals surface area contributed by atoms with Gasteiger partial charge in [-0.3, -0.25) is 4.79 Å². The number of hydrogen-bond donors (Lipinski definition) is 1. The van der Waals surface area contributed by atoms with Crippen molar-refractivity contribution < 1.29 is 9.36 Å². The third-order valence-electron chi connectivity index (χ3n) is 5.05. The Kier molecular flexibility index (Phi) is 4.57. The van der Waals surface area contributed by atoms with Crippen LogP contribution in [-0.4, -0.2) is 10.5 Å². The van der Waals surface area contributed by atoms with Crippen molar-refractivity contribution in [3.63, 3.8) is 0 Å². The number of imidazole rings is 1. The Bertz CT molecular complexity index is 928. The van der Waals surface area contributed by atoms with Gasteiger partial charge in [-0.05, 0) is 24.5 Å². The van der Waals surface area contributed by atoms with Crippen LogP contribution in [-0.2, 0) is 30.7 Å². The van der Waals surface area contributed by atoms with Crippen LogP contribution in [0.3, 0.4) is 0 Å². The van der Waals surface area contributed by atoms with Gasteiger partial charge < -0.3 is 5.32 Å². The van der Waals surface area contributed by atoms with Gasteiger partial charge in [-0.2, -0.15) is 0 Å². The molecule has 2 aromatic carbocycles. The lowest BCUT2D eigenvalue weighted by Gasteiger charge is -2.08. The first-order chi connectivity index (χ1) is 12.8. The van der Waals surface area contributed by atoms with E-state index in [2.05, 4.69) is 57.9 Å². The van der Waals surface area contributed by atoms with E-state index in [1.165, 1.54) is 17.1 Å². The Morgan fingerprint density at radius 3 is 2.69 bits per heavy atom. The molecule has 4 rings (SSSR count). The molecule has 132 valence electrons. The molecule has 4 heteroatoms. The summed E-state index contributed by atoms with van der Waals surface area (Å²) in [6.07, 6.45) is 5.18. The lowest BCUT2D eigenvalue weighted by atomic mass is 10.1. The maximum atomic E-state index is 12.7. The zero-order valence-corrected chi connectivity index (χ0v) is 15.1. The molecule has 0 radical (unpaired) electrons. The minimum atomic E-state index is 0.0239. The first-order valence-electron chi connectivity index (χ1n) is 9.31. The van der Waals surface area contributed by atoms with Gasteiger partial charge in [0, 0.05) is 11.3 Å². The number of hydrogen-bond acceptors (Lipinski definition) is 1. The summed E-state index contributed by atoms with van der Waals surface area (Å²) in [5.41, 5.74) is 4.48. The van der Waals surface area contributed by atoms with E-state index < -0.39 is 0 Å². The number of fused-ring (bicyclic) bond motifs is 1. The smallest absolute Gasteiger partial charge is 0.266 e. The van der Waals surface area contributed by atoms with Gasteiger partial charge >= 0.3 is 0 Å². The first-order valence-corrected chi connectivity index (χ1v) is 9.31. The van der Waals surface area contributed by atoms with Gasteiger partial charge in [0.05, 0.1) is 13.0 Å². The van der Waals surface area contributed by atoms with Crippen LogP contribution in [0.25, 0.3) is 11.3 Å².